The summed E-state index contributed by atoms with van der Waals surface area (Å²) >= 11 is 4.72. The first-order valence-electron chi connectivity index (χ1n) is 11.8. The molecule has 188 valence electrons. The van der Waals surface area contributed by atoms with Crippen molar-refractivity contribution in [3.63, 3.8) is 0 Å². The molecule has 2 aromatic heterocycles. The predicted molar refractivity (Wildman–Crippen MR) is 146 cm³/mol. The minimum atomic E-state index is -0.618. The van der Waals surface area contributed by atoms with E-state index in [9.17, 15) is 9.59 Å². The first-order chi connectivity index (χ1) is 18.0. The van der Waals surface area contributed by atoms with E-state index in [1.807, 2.05) is 66.9 Å². The molecule has 0 radical (unpaired) electrons. The van der Waals surface area contributed by atoms with Gasteiger partial charge >= 0.3 is 5.97 Å². The summed E-state index contributed by atoms with van der Waals surface area (Å²) in [7, 11) is 0. The summed E-state index contributed by atoms with van der Waals surface area (Å²) in [6.45, 7) is 3.78. The molecular formula is C27H24BrN5O3S. The molecule has 0 bridgehead atoms. The van der Waals surface area contributed by atoms with E-state index in [1.54, 1.807) is 23.1 Å². The van der Waals surface area contributed by atoms with Crippen LogP contribution < -0.4 is 14.9 Å². The Balaban J connectivity index is 1.61. The Bertz CT molecular complexity index is 1670. The normalized spacial score (nSPS) is 15.4. The number of carbonyl (C=O) groups excluding carboxylic acids is 1. The van der Waals surface area contributed by atoms with Crippen LogP contribution in [0.25, 0.3) is 11.8 Å². The second-order valence-electron chi connectivity index (χ2n) is 8.40. The molecule has 0 spiro atoms. The number of fused-ring (bicyclic) bond motifs is 1. The third kappa shape index (κ3) is 4.99. The number of benzene rings is 2. The standard InChI is InChI=1S/C27H24BrN5O3S/c1-3-36-26(35)23-17(2)29-27-33(24(23)19-9-5-4-6-10-19)25(34)22(37-27)15-18-8-7-11-21(14-18)32-16-20(12-13-28)30-31-32/h4-11,14-16,24H,3,12-13H2,1-2H3/b22-15-. The van der Waals surface area contributed by atoms with Gasteiger partial charge in [-0.25, -0.2) is 14.5 Å². The van der Waals surface area contributed by atoms with Crippen molar-refractivity contribution in [2.45, 2.75) is 26.3 Å². The van der Waals surface area contributed by atoms with Crippen molar-refractivity contribution in [2.75, 3.05) is 11.9 Å². The molecule has 0 aliphatic carbocycles. The number of thiazole rings is 1. The summed E-state index contributed by atoms with van der Waals surface area (Å²) in [4.78, 5) is 31.9. The van der Waals surface area contributed by atoms with E-state index >= 15 is 0 Å². The summed E-state index contributed by atoms with van der Waals surface area (Å²) in [5.41, 5.74) is 4.12. The quantitative estimate of drug-likeness (QED) is 0.248. The third-order valence-corrected chi connectivity index (χ3v) is 7.34. The molecule has 37 heavy (non-hydrogen) atoms. The third-order valence-electron chi connectivity index (χ3n) is 5.96. The van der Waals surface area contributed by atoms with E-state index in [1.165, 1.54) is 11.3 Å². The van der Waals surface area contributed by atoms with Crippen molar-refractivity contribution >= 4 is 39.3 Å². The van der Waals surface area contributed by atoms with Gasteiger partial charge in [-0.15, -0.1) is 5.10 Å². The highest BCUT2D eigenvalue weighted by atomic mass is 79.9. The van der Waals surface area contributed by atoms with E-state index < -0.39 is 12.0 Å². The molecule has 0 fully saturated rings. The van der Waals surface area contributed by atoms with Crippen LogP contribution in [0.2, 0.25) is 0 Å². The molecule has 1 aliphatic heterocycles. The SMILES string of the molecule is CCOC(=O)C1=C(C)N=c2s/c(=C\c3cccc(-n4cc(CCBr)nn4)c3)c(=O)n2C1c1ccccc1. The number of alkyl halides is 1. The highest BCUT2D eigenvalue weighted by Crippen LogP contribution is 2.30. The van der Waals surface area contributed by atoms with Gasteiger partial charge in [0, 0.05) is 11.8 Å². The Kier molecular flexibility index (Phi) is 7.29. The van der Waals surface area contributed by atoms with Crippen LogP contribution in [0.1, 0.15) is 36.7 Å². The summed E-state index contributed by atoms with van der Waals surface area (Å²) in [6.07, 6.45) is 4.53. The molecular weight excluding hydrogens is 554 g/mol. The lowest BCUT2D eigenvalue weighted by Crippen LogP contribution is -2.39. The van der Waals surface area contributed by atoms with Gasteiger partial charge in [0.15, 0.2) is 4.80 Å². The van der Waals surface area contributed by atoms with Crippen LogP contribution >= 0.6 is 27.3 Å². The van der Waals surface area contributed by atoms with Crippen molar-refractivity contribution in [3.05, 3.63) is 109 Å². The molecule has 8 nitrogen and oxygen atoms in total. The molecule has 10 heteroatoms. The Hall–Kier alpha value is -3.63. The zero-order valence-corrected chi connectivity index (χ0v) is 22.7. The van der Waals surface area contributed by atoms with Crippen molar-refractivity contribution in [1.82, 2.24) is 19.6 Å². The van der Waals surface area contributed by atoms with Gasteiger partial charge in [-0.1, -0.05) is 74.9 Å². The van der Waals surface area contributed by atoms with Gasteiger partial charge in [0.1, 0.15) is 0 Å². The second kappa shape index (κ2) is 10.8. The van der Waals surface area contributed by atoms with Crippen LogP contribution in [-0.2, 0) is 16.0 Å². The number of esters is 1. The fourth-order valence-electron chi connectivity index (χ4n) is 4.29. The summed E-state index contributed by atoms with van der Waals surface area (Å²) < 4.78 is 9.18. The maximum Gasteiger partial charge on any atom is 0.338 e. The van der Waals surface area contributed by atoms with Gasteiger partial charge in [0.25, 0.3) is 5.56 Å². The van der Waals surface area contributed by atoms with Crippen LogP contribution in [0.3, 0.4) is 0 Å². The van der Waals surface area contributed by atoms with Crippen molar-refractivity contribution in [2.24, 2.45) is 4.99 Å². The number of aromatic nitrogens is 4. The van der Waals surface area contributed by atoms with Gasteiger partial charge in [-0.2, -0.15) is 0 Å². The molecule has 4 aromatic rings. The number of hydrogen-bond donors (Lipinski definition) is 0. The van der Waals surface area contributed by atoms with Crippen molar-refractivity contribution < 1.29 is 9.53 Å². The average molecular weight is 578 g/mol. The lowest BCUT2D eigenvalue weighted by atomic mass is 9.96. The van der Waals surface area contributed by atoms with E-state index in [4.69, 9.17) is 4.74 Å². The van der Waals surface area contributed by atoms with Crippen LogP contribution in [-0.4, -0.2) is 37.5 Å². The van der Waals surface area contributed by atoms with Crippen LogP contribution in [0.5, 0.6) is 0 Å². The monoisotopic (exact) mass is 577 g/mol. The molecule has 0 amide bonds. The van der Waals surface area contributed by atoms with Crippen molar-refractivity contribution in [3.8, 4) is 5.69 Å². The van der Waals surface area contributed by atoms with Crippen molar-refractivity contribution in [1.29, 1.82) is 0 Å². The second-order valence-corrected chi connectivity index (χ2v) is 10.2. The highest BCUT2D eigenvalue weighted by molar-refractivity contribution is 9.09. The lowest BCUT2D eigenvalue weighted by Gasteiger charge is -2.24. The van der Waals surface area contributed by atoms with Crippen LogP contribution in [0.15, 0.2) is 81.9 Å². The number of hydrogen-bond acceptors (Lipinski definition) is 7. The highest BCUT2D eigenvalue weighted by Gasteiger charge is 2.33. The lowest BCUT2D eigenvalue weighted by molar-refractivity contribution is -0.139. The van der Waals surface area contributed by atoms with Gasteiger partial charge in [-0.3, -0.25) is 9.36 Å². The Morgan fingerprint density at radius 2 is 2.00 bits per heavy atom. The molecule has 5 rings (SSSR count). The molecule has 1 atom stereocenters. The van der Waals surface area contributed by atoms with E-state index in [0.717, 1.165) is 34.3 Å². The van der Waals surface area contributed by atoms with Gasteiger partial charge in [0.05, 0.1) is 46.0 Å². The number of halogens is 1. The van der Waals surface area contributed by atoms with Gasteiger partial charge in [-0.05, 0) is 43.2 Å². The molecule has 2 aromatic carbocycles. The summed E-state index contributed by atoms with van der Waals surface area (Å²) in [6, 6.07) is 16.6. The smallest absolute Gasteiger partial charge is 0.338 e. The van der Waals surface area contributed by atoms with E-state index in [2.05, 4.69) is 31.2 Å². The first-order valence-corrected chi connectivity index (χ1v) is 13.8. The van der Waals surface area contributed by atoms with Gasteiger partial charge in [0.2, 0.25) is 0 Å². The van der Waals surface area contributed by atoms with E-state index in [-0.39, 0.29) is 12.2 Å². The molecule has 0 saturated carbocycles. The molecule has 1 aliphatic rings. The van der Waals surface area contributed by atoms with E-state index in [0.29, 0.717) is 20.6 Å². The molecule has 0 N–H and O–H groups in total. The first kappa shape index (κ1) is 25.0. The average Bonchev–Trinajstić information content (AvgIpc) is 3.49. The number of nitrogens with zero attached hydrogens (tertiary/aromatic N) is 5. The zero-order valence-electron chi connectivity index (χ0n) is 20.3. The topological polar surface area (TPSA) is 91.4 Å². The predicted octanol–water partition coefficient (Wildman–Crippen LogP) is 3.32. The minimum Gasteiger partial charge on any atom is -0.463 e. The number of aryl methyl sites for hydroxylation is 1. The Labute approximate surface area is 225 Å². The fraction of sp³-hybridized carbons (Fsp3) is 0.222. The van der Waals surface area contributed by atoms with Crippen LogP contribution in [0.4, 0.5) is 0 Å². The molecule has 1 unspecified atom stereocenters. The summed E-state index contributed by atoms with van der Waals surface area (Å²) in [5, 5.41) is 9.23. The summed E-state index contributed by atoms with van der Waals surface area (Å²) in [5.74, 6) is -0.466. The maximum absolute atomic E-state index is 13.7. The number of allylic oxidation sites excluding steroid dienone is 1. The van der Waals surface area contributed by atoms with Gasteiger partial charge < -0.3 is 4.74 Å². The molecule has 3 heterocycles. The largest absolute Gasteiger partial charge is 0.463 e. The Morgan fingerprint density at radius 1 is 1.19 bits per heavy atom. The number of rotatable bonds is 7. The Morgan fingerprint density at radius 3 is 2.76 bits per heavy atom. The fourth-order valence-corrected chi connectivity index (χ4v) is 5.74. The number of carbonyl (C=O) groups is 1. The zero-order chi connectivity index (χ0) is 25.9. The molecule has 0 saturated heterocycles. The minimum absolute atomic E-state index is 0.210. The van der Waals surface area contributed by atoms with Crippen LogP contribution in [0, 0.1) is 0 Å². The number of ether oxygens (including phenoxy) is 1. The maximum atomic E-state index is 13.7.